The number of hydrogen-bond acceptors (Lipinski definition) is 4. The number of carbonyl (C=O) groups is 1. The highest BCUT2D eigenvalue weighted by atomic mass is 35.5. The van der Waals surface area contributed by atoms with Gasteiger partial charge in [0.25, 0.3) is 5.91 Å². The predicted molar refractivity (Wildman–Crippen MR) is 95.4 cm³/mol. The van der Waals surface area contributed by atoms with E-state index in [0.29, 0.717) is 28.9 Å². The average molecular weight is 378 g/mol. The molecule has 1 unspecified atom stereocenters. The van der Waals surface area contributed by atoms with Crippen LogP contribution in [-0.4, -0.2) is 30.0 Å². The van der Waals surface area contributed by atoms with Crippen molar-refractivity contribution in [3.05, 3.63) is 41.2 Å². The van der Waals surface area contributed by atoms with Crippen molar-refractivity contribution >= 4 is 42.1 Å². The van der Waals surface area contributed by atoms with Gasteiger partial charge in [0.1, 0.15) is 16.5 Å². The molecule has 23 heavy (non-hydrogen) atoms. The summed E-state index contributed by atoms with van der Waals surface area (Å²) in [5, 5.41) is 8.38. The van der Waals surface area contributed by atoms with E-state index >= 15 is 0 Å². The van der Waals surface area contributed by atoms with Crippen LogP contribution in [0.5, 0.6) is 0 Å². The molecule has 0 spiro atoms. The molecule has 1 amide bonds. The third kappa shape index (κ3) is 4.88. The SMILES string of the molecule is Cl.Cl.O=C(NCC1CCCN1)c1csc(-c2ccccc2F)n1. The third-order valence-corrected chi connectivity index (χ3v) is 4.39. The summed E-state index contributed by atoms with van der Waals surface area (Å²) in [6.07, 6.45) is 2.23. The zero-order chi connectivity index (χ0) is 14.7. The summed E-state index contributed by atoms with van der Waals surface area (Å²) >= 11 is 1.28. The zero-order valence-corrected chi connectivity index (χ0v) is 14.7. The monoisotopic (exact) mass is 377 g/mol. The number of rotatable bonds is 4. The maximum absolute atomic E-state index is 13.7. The van der Waals surface area contributed by atoms with Crippen LogP contribution in [0.4, 0.5) is 4.39 Å². The van der Waals surface area contributed by atoms with Crippen LogP contribution in [0, 0.1) is 5.82 Å². The molecule has 1 aromatic carbocycles. The summed E-state index contributed by atoms with van der Waals surface area (Å²) in [7, 11) is 0. The van der Waals surface area contributed by atoms with E-state index in [1.165, 1.54) is 17.4 Å². The molecule has 0 aliphatic carbocycles. The lowest BCUT2D eigenvalue weighted by atomic mass is 10.2. The highest BCUT2D eigenvalue weighted by Crippen LogP contribution is 2.25. The Morgan fingerprint density at radius 3 is 2.87 bits per heavy atom. The molecule has 3 rings (SSSR count). The van der Waals surface area contributed by atoms with Gasteiger partial charge < -0.3 is 10.6 Å². The molecule has 2 aromatic rings. The number of aromatic nitrogens is 1. The van der Waals surface area contributed by atoms with Crippen molar-refractivity contribution < 1.29 is 9.18 Å². The topological polar surface area (TPSA) is 54.0 Å². The first-order valence-electron chi connectivity index (χ1n) is 6.96. The number of hydrogen-bond donors (Lipinski definition) is 2. The Morgan fingerprint density at radius 2 is 2.17 bits per heavy atom. The largest absolute Gasteiger partial charge is 0.349 e. The summed E-state index contributed by atoms with van der Waals surface area (Å²) in [5.74, 6) is -0.531. The smallest absolute Gasteiger partial charge is 0.270 e. The van der Waals surface area contributed by atoms with Crippen LogP contribution in [-0.2, 0) is 0 Å². The Bertz CT molecular complexity index is 647. The first-order chi connectivity index (χ1) is 10.2. The van der Waals surface area contributed by atoms with Crippen LogP contribution in [0.3, 0.4) is 0 Å². The van der Waals surface area contributed by atoms with Crippen molar-refractivity contribution in [3.8, 4) is 10.6 Å². The molecule has 1 aliphatic heterocycles. The fraction of sp³-hybridized carbons (Fsp3) is 0.333. The molecule has 0 saturated carbocycles. The van der Waals surface area contributed by atoms with Crippen molar-refractivity contribution in [2.24, 2.45) is 0 Å². The van der Waals surface area contributed by atoms with Crippen molar-refractivity contribution in [3.63, 3.8) is 0 Å². The van der Waals surface area contributed by atoms with Gasteiger partial charge in [0.2, 0.25) is 0 Å². The molecular formula is C15H18Cl2FN3OS. The molecule has 2 N–H and O–H groups in total. The van der Waals surface area contributed by atoms with Gasteiger partial charge in [0.15, 0.2) is 0 Å². The molecule has 0 bridgehead atoms. The van der Waals surface area contributed by atoms with Gasteiger partial charge in [-0.15, -0.1) is 36.2 Å². The predicted octanol–water partition coefficient (Wildman–Crippen LogP) is 3.27. The number of nitrogens with zero attached hydrogens (tertiary/aromatic N) is 1. The van der Waals surface area contributed by atoms with Crippen molar-refractivity contribution in [2.75, 3.05) is 13.1 Å². The standard InChI is InChI=1S/C15H16FN3OS.2ClH/c16-12-6-2-1-5-11(12)15-19-13(9-21-15)14(20)18-8-10-4-3-7-17-10;;/h1-2,5-6,9-10,17H,3-4,7-8H2,(H,18,20);2*1H. The second kappa shape index (κ2) is 9.17. The van der Waals surface area contributed by atoms with Gasteiger partial charge in [-0.25, -0.2) is 9.37 Å². The van der Waals surface area contributed by atoms with Crippen LogP contribution < -0.4 is 10.6 Å². The van der Waals surface area contributed by atoms with Gasteiger partial charge in [-0.2, -0.15) is 0 Å². The minimum absolute atomic E-state index is 0. The third-order valence-electron chi connectivity index (χ3n) is 3.51. The molecular weight excluding hydrogens is 360 g/mol. The van der Waals surface area contributed by atoms with E-state index in [1.54, 1.807) is 23.6 Å². The van der Waals surface area contributed by atoms with Gasteiger partial charge in [-0.3, -0.25) is 4.79 Å². The highest BCUT2D eigenvalue weighted by molar-refractivity contribution is 7.13. The fourth-order valence-corrected chi connectivity index (χ4v) is 3.20. The van der Waals surface area contributed by atoms with E-state index < -0.39 is 0 Å². The average Bonchev–Trinajstić information content (AvgIpc) is 3.17. The van der Waals surface area contributed by atoms with Crippen LogP contribution in [0.2, 0.25) is 0 Å². The molecule has 126 valence electrons. The van der Waals surface area contributed by atoms with Crippen LogP contribution >= 0.6 is 36.2 Å². The molecule has 1 fully saturated rings. The molecule has 1 atom stereocenters. The Balaban J connectivity index is 0.00000132. The number of halogens is 3. The van der Waals surface area contributed by atoms with E-state index in [9.17, 15) is 9.18 Å². The highest BCUT2D eigenvalue weighted by Gasteiger charge is 2.17. The fourth-order valence-electron chi connectivity index (χ4n) is 2.37. The minimum Gasteiger partial charge on any atom is -0.349 e. The van der Waals surface area contributed by atoms with E-state index in [0.717, 1.165) is 19.4 Å². The zero-order valence-electron chi connectivity index (χ0n) is 12.3. The Hall–Kier alpha value is -1.21. The second-order valence-corrected chi connectivity index (χ2v) is 5.88. The lowest BCUT2D eigenvalue weighted by Crippen LogP contribution is -2.37. The van der Waals surface area contributed by atoms with E-state index in [-0.39, 0.29) is 36.5 Å². The molecule has 1 aliphatic rings. The number of amides is 1. The van der Waals surface area contributed by atoms with Gasteiger partial charge in [-0.1, -0.05) is 12.1 Å². The molecule has 1 aromatic heterocycles. The number of carbonyl (C=O) groups excluding carboxylic acids is 1. The maximum Gasteiger partial charge on any atom is 0.270 e. The van der Waals surface area contributed by atoms with E-state index in [1.807, 2.05) is 0 Å². The molecule has 8 heteroatoms. The van der Waals surface area contributed by atoms with Gasteiger partial charge >= 0.3 is 0 Å². The summed E-state index contributed by atoms with van der Waals surface area (Å²) in [6.45, 7) is 1.61. The Kier molecular flexibility index (Phi) is 7.91. The van der Waals surface area contributed by atoms with Crippen LogP contribution in [0.15, 0.2) is 29.6 Å². The summed E-state index contributed by atoms with van der Waals surface area (Å²) in [6, 6.07) is 6.79. The lowest BCUT2D eigenvalue weighted by Gasteiger charge is -2.10. The van der Waals surface area contributed by atoms with E-state index in [2.05, 4.69) is 15.6 Å². The molecule has 0 radical (unpaired) electrons. The maximum atomic E-state index is 13.7. The second-order valence-electron chi connectivity index (χ2n) is 5.02. The van der Waals surface area contributed by atoms with E-state index in [4.69, 9.17) is 0 Å². The normalized spacial score (nSPS) is 16.3. The molecule has 4 nitrogen and oxygen atoms in total. The van der Waals surface area contributed by atoms with Crippen molar-refractivity contribution in [1.29, 1.82) is 0 Å². The molecule has 2 heterocycles. The van der Waals surface area contributed by atoms with Crippen LogP contribution in [0.1, 0.15) is 23.3 Å². The Morgan fingerprint density at radius 1 is 1.39 bits per heavy atom. The van der Waals surface area contributed by atoms with Gasteiger partial charge in [0, 0.05) is 23.5 Å². The summed E-state index contributed by atoms with van der Waals surface area (Å²) < 4.78 is 13.7. The number of nitrogens with one attached hydrogen (secondary N) is 2. The first kappa shape index (κ1) is 19.8. The van der Waals surface area contributed by atoms with Gasteiger partial charge in [0.05, 0.1) is 0 Å². The summed E-state index contributed by atoms with van der Waals surface area (Å²) in [4.78, 5) is 16.3. The van der Waals surface area contributed by atoms with Crippen molar-refractivity contribution in [2.45, 2.75) is 18.9 Å². The summed E-state index contributed by atoms with van der Waals surface area (Å²) in [5.41, 5.74) is 0.773. The quantitative estimate of drug-likeness (QED) is 0.859. The lowest BCUT2D eigenvalue weighted by molar-refractivity contribution is 0.0946. The number of benzene rings is 1. The number of thiazole rings is 1. The first-order valence-corrected chi connectivity index (χ1v) is 7.84. The minimum atomic E-state index is -0.325. The van der Waals surface area contributed by atoms with Gasteiger partial charge in [-0.05, 0) is 31.5 Å². The molecule has 1 saturated heterocycles. The Labute approximate surface area is 150 Å². The van der Waals surface area contributed by atoms with Crippen LogP contribution in [0.25, 0.3) is 10.6 Å². The van der Waals surface area contributed by atoms with Crippen molar-refractivity contribution in [1.82, 2.24) is 15.6 Å².